The number of amides is 2. The number of methoxy groups -OCH3 is 1. The van der Waals surface area contributed by atoms with E-state index in [-0.39, 0.29) is 29.9 Å². The molecule has 1 N–H and O–H groups in total. The van der Waals surface area contributed by atoms with Crippen LogP contribution in [0.5, 0.6) is 5.75 Å². The van der Waals surface area contributed by atoms with Gasteiger partial charge < -0.3 is 15.0 Å². The second kappa shape index (κ2) is 9.07. The Kier molecular flexibility index (Phi) is 6.66. The molecule has 2 amide bonds. The molecule has 2 aromatic rings. The monoisotopic (exact) mass is 445 g/mol. The highest BCUT2D eigenvalue weighted by molar-refractivity contribution is 7.89. The van der Waals surface area contributed by atoms with Crippen LogP contribution in [0.3, 0.4) is 0 Å². The van der Waals surface area contributed by atoms with Crippen LogP contribution in [0.2, 0.25) is 0 Å². The van der Waals surface area contributed by atoms with E-state index in [0.717, 1.165) is 21.1 Å². The zero-order valence-electron chi connectivity index (χ0n) is 18.1. The number of sulfonamides is 1. The molecule has 1 heterocycles. The maximum Gasteiger partial charge on any atom is 0.243 e. The molecule has 0 saturated carbocycles. The van der Waals surface area contributed by atoms with Gasteiger partial charge in [0.15, 0.2) is 0 Å². The third-order valence-corrected chi connectivity index (χ3v) is 7.15. The normalized spacial score (nSPS) is 15.6. The van der Waals surface area contributed by atoms with Crippen molar-refractivity contribution in [2.75, 3.05) is 25.6 Å². The first kappa shape index (κ1) is 22.8. The largest absolute Gasteiger partial charge is 0.496 e. The van der Waals surface area contributed by atoms with Gasteiger partial charge in [-0.25, -0.2) is 8.42 Å². The average Bonchev–Trinajstić information content (AvgIpc) is 3.07. The minimum absolute atomic E-state index is 0.0241. The minimum Gasteiger partial charge on any atom is -0.496 e. The van der Waals surface area contributed by atoms with Crippen LogP contribution in [-0.4, -0.2) is 51.3 Å². The molecule has 0 saturated heterocycles. The summed E-state index contributed by atoms with van der Waals surface area (Å²) in [7, 11) is -0.942. The van der Waals surface area contributed by atoms with Crippen molar-refractivity contribution in [3.63, 3.8) is 0 Å². The molecule has 0 aromatic heterocycles. The number of likely N-dealkylation sites (N-methyl/N-ethyl adjacent to an activating group) is 1. The van der Waals surface area contributed by atoms with Crippen molar-refractivity contribution in [3.05, 3.63) is 53.6 Å². The van der Waals surface area contributed by atoms with Crippen molar-refractivity contribution in [1.82, 2.24) is 9.62 Å². The summed E-state index contributed by atoms with van der Waals surface area (Å²) in [5, 5.41) is 2.72. The lowest BCUT2D eigenvalue weighted by atomic mass is 10.1. The first-order valence-electron chi connectivity index (χ1n) is 9.92. The molecule has 0 radical (unpaired) electrons. The summed E-state index contributed by atoms with van der Waals surface area (Å²) in [6.45, 7) is 3.33. The number of fused-ring (bicyclic) bond motifs is 1. The molecule has 31 heavy (non-hydrogen) atoms. The highest BCUT2D eigenvalue weighted by Crippen LogP contribution is 2.34. The van der Waals surface area contributed by atoms with Crippen LogP contribution in [-0.2, 0) is 32.6 Å². The number of ether oxygens (including phenoxy) is 1. The average molecular weight is 446 g/mol. The molecule has 8 nitrogen and oxygen atoms in total. The Morgan fingerprint density at radius 3 is 2.61 bits per heavy atom. The molecular weight excluding hydrogens is 418 g/mol. The number of para-hydroxylation sites is 1. The van der Waals surface area contributed by atoms with Crippen LogP contribution in [0.15, 0.2) is 47.4 Å². The topological polar surface area (TPSA) is 96.0 Å². The van der Waals surface area contributed by atoms with Crippen molar-refractivity contribution in [1.29, 1.82) is 0 Å². The Morgan fingerprint density at radius 2 is 1.94 bits per heavy atom. The fourth-order valence-electron chi connectivity index (χ4n) is 3.81. The second-order valence-electron chi connectivity index (χ2n) is 7.58. The van der Waals surface area contributed by atoms with Crippen LogP contribution < -0.4 is 15.0 Å². The molecule has 1 unspecified atom stereocenters. The highest BCUT2D eigenvalue weighted by atomic mass is 32.2. The van der Waals surface area contributed by atoms with E-state index in [1.807, 2.05) is 25.1 Å². The molecule has 1 aliphatic rings. The van der Waals surface area contributed by atoms with E-state index in [1.54, 1.807) is 30.2 Å². The van der Waals surface area contributed by atoms with Crippen LogP contribution in [0.25, 0.3) is 0 Å². The highest BCUT2D eigenvalue weighted by Gasteiger charge is 2.31. The summed E-state index contributed by atoms with van der Waals surface area (Å²) in [6, 6.07) is 12.0. The summed E-state index contributed by atoms with van der Waals surface area (Å²) >= 11 is 0. The molecule has 0 spiro atoms. The predicted octanol–water partition coefficient (Wildman–Crippen LogP) is 1.93. The van der Waals surface area contributed by atoms with E-state index in [4.69, 9.17) is 4.74 Å². The van der Waals surface area contributed by atoms with Gasteiger partial charge in [0.2, 0.25) is 21.8 Å². The zero-order valence-corrected chi connectivity index (χ0v) is 18.9. The molecule has 1 aliphatic heterocycles. The fourth-order valence-corrected chi connectivity index (χ4v) is 4.99. The third kappa shape index (κ3) is 4.72. The van der Waals surface area contributed by atoms with Crippen LogP contribution >= 0.6 is 0 Å². The second-order valence-corrected chi connectivity index (χ2v) is 9.63. The van der Waals surface area contributed by atoms with Gasteiger partial charge >= 0.3 is 0 Å². The number of hydrogen-bond acceptors (Lipinski definition) is 5. The molecule has 0 fully saturated rings. The maximum absolute atomic E-state index is 13.0. The summed E-state index contributed by atoms with van der Waals surface area (Å²) in [4.78, 5) is 26.0. The van der Waals surface area contributed by atoms with E-state index in [0.29, 0.717) is 12.2 Å². The zero-order chi connectivity index (χ0) is 22.8. The number of carbonyl (C=O) groups excluding carboxylic acids is 2. The lowest BCUT2D eigenvalue weighted by Gasteiger charge is -2.21. The van der Waals surface area contributed by atoms with Crippen LogP contribution in [0.1, 0.15) is 25.0 Å². The van der Waals surface area contributed by atoms with E-state index in [9.17, 15) is 18.0 Å². The van der Waals surface area contributed by atoms with Crippen molar-refractivity contribution in [3.8, 4) is 5.75 Å². The Labute approximate surface area is 182 Å². The van der Waals surface area contributed by atoms with Gasteiger partial charge in [-0.15, -0.1) is 0 Å². The SMILES string of the molecule is COc1ccccc1CNC(=O)CN(C)S(=O)(=O)c1ccc2c(c1)CC(C)N2C(C)=O. The number of anilines is 1. The summed E-state index contributed by atoms with van der Waals surface area (Å²) in [5.41, 5.74) is 2.33. The Morgan fingerprint density at radius 1 is 1.23 bits per heavy atom. The number of hydrogen-bond donors (Lipinski definition) is 1. The number of carbonyl (C=O) groups is 2. The number of benzene rings is 2. The van der Waals surface area contributed by atoms with Gasteiger partial charge in [0.25, 0.3) is 0 Å². The minimum atomic E-state index is -3.86. The van der Waals surface area contributed by atoms with Gasteiger partial charge in [-0.05, 0) is 43.2 Å². The van der Waals surface area contributed by atoms with E-state index in [1.165, 1.54) is 20.0 Å². The van der Waals surface area contributed by atoms with Crippen molar-refractivity contribution >= 4 is 27.5 Å². The predicted molar refractivity (Wildman–Crippen MR) is 117 cm³/mol. The molecular formula is C22H27N3O5S. The fraction of sp³-hybridized carbons (Fsp3) is 0.364. The summed E-state index contributed by atoms with van der Waals surface area (Å²) in [5.74, 6) is 0.149. The molecule has 166 valence electrons. The van der Waals surface area contributed by atoms with E-state index in [2.05, 4.69) is 5.32 Å². The van der Waals surface area contributed by atoms with Gasteiger partial charge in [0, 0.05) is 37.8 Å². The first-order chi connectivity index (χ1) is 14.6. The Balaban J connectivity index is 1.69. The molecule has 9 heteroatoms. The molecule has 0 aliphatic carbocycles. The first-order valence-corrected chi connectivity index (χ1v) is 11.4. The standard InChI is InChI=1S/C22H27N3O5S/c1-15-11-18-12-19(9-10-20(18)25(15)16(2)26)31(28,29)24(3)14-22(27)23-13-17-7-5-6-8-21(17)30-4/h5-10,12,15H,11,13-14H2,1-4H3,(H,23,27). The third-order valence-electron chi connectivity index (χ3n) is 5.35. The molecule has 1 atom stereocenters. The number of nitrogens with one attached hydrogen (secondary N) is 1. The lowest BCUT2D eigenvalue weighted by Crippen LogP contribution is -2.38. The van der Waals surface area contributed by atoms with Gasteiger partial charge in [-0.2, -0.15) is 4.31 Å². The summed E-state index contributed by atoms with van der Waals surface area (Å²) in [6.07, 6.45) is 0.585. The van der Waals surface area contributed by atoms with Gasteiger partial charge in [0.05, 0.1) is 18.6 Å². The van der Waals surface area contributed by atoms with E-state index >= 15 is 0 Å². The molecule has 3 rings (SSSR count). The Bertz CT molecular complexity index is 1100. The lowest BCUT2D eigenvalue weighted by molar-refractivity contribution is -0.121. The Hall–Kier alpha value is -2.91. The van der Waals surface area contributed by atoms with Crippen LogP contribution in [0, 0.1) is 0 Å². The quantitative estimate of drug-likeness (QED) is 0.703. The van der Waals surface area contributed by atoms with Crippen molar-refractivity contribution < 1.29 is 22.7 Å². The maximum atomic E-state index is 13.0. The van der Waals surface area contributed by atoms with Gasteiger partial charge in [-0.1, -0.05) is 18.2 Å². The van der Waals surface area contributed by atoms with Crippen molar-refractivity contribution in [2.45, 2.75) is 37.8 Å². The van der Waals surface area contributed by atoms with Gasteiger partial charge in [-0.3, -0.25) is 9.59 Å². The number of rotatable bonds is 7. The van der Waals surface area contributed by atoms with Gasteiger partial charge in [0.1, 0.15) is 5.75 Å². The summed E-state index contributed by atoms with van der Waals surface area (Å²) < 4.78 is 32.2. The number of nitrogens with zero attached hydrogens (tertiary/aromatic N) is 2. The molecule has 2 aromatic carbocycles. The van der Waals surface area contributed by atoms with E-state index < -0.39 is 15.9 Å². The smallest absolute Gasteiger partial charge is 0.243 e. The van der Waals surface area contributed by atoms with Crippen LogP contribution in [0.4, 0.5) is 5.69 Å². The molecule has 0 bridgehead atoms. The van der Waals surface area contributed by atoms with Crippen molar-refractivity contribution in [2.24, 2.45) is 0 Å².